The molecule has 0 aliphatic carbocycles. The molecule has 5 rings (SSSR count). The van der Waals surface area contributed by atoms with Crippen molar-refractivity contribution in [2.75, 3.05) is 44.4 Å². The Bertz CT molecular complexity index is 1470. The molecule has 11 heteroatoms. The number of nitrogens with two attached hydrogens (primary N) is 1. The van der Waals surface area contributed by atoms with E-state index in [0.717, 1.165) is 26.1 Å². The van der Waals surface area contributed by atoms with Crippen LogP contribution in [-0.4, -0.2) is 54.3 Å². The largest absolute Gasteiger partial charge is 0.491 e. The van der Waals surface area contributed by atoms with Crippen LogP contribution >= 0.6 is 11.6 Å². The topological polar surface area (TPSA) is 94.8 Å². The molecule has 3 N–H and O–H groups in total. The molecule has 3 aromatic carbocycles. The van der Waals surface area contributed by atoms with Crippen molar-refractivity contribution in [1.82, 2.24) is 14.9 Å². The Morgan fingerprint density at radius 3 is 2.72 bits per heavy atom. The fourth-order valence-corrected chi connectivity index (χ4v) is 4.52. The van der Waals surface area contributed by atoms with Crippen molar-refractivity contribution in [3.63, 3.8) is 0 Å². The lowest BCUT2D eigenvalue weighted by molar-refractivity contribution is -0.0305. The van der Waals surface area contributed by atoms with Crippen LogP contribution in [0.4, 0.5) is 26.0 Å². The summed E-state index contributed by atoms with van der Waals surface area (Å²) in [6, 6.07) is 12.0. The van der Waals surface area contributed by atoms with Crippen LogP contribution in [0, 0.1) is 11.6 Å². The van der Waals surface area contributed by atoms with Crippen molar-refractivity contribution in [2.45, 2.75) is 19.1 Å². The van der Waals surface area contributed by atoms with E-state index in [2.05, 4.69) is 20.2 Å². The third-order valence-corrected chi connectivity index (χ3v) is 6.75. The van der Waals surface area contributed by atoms with Gasteiger partial charge in [0.05, 0.1) is 34.6 Å². The maximum absolute atomic E-state index is 15.0. The molecule has 8 nitrogen and oxygen atoms in total. The zero-order valence-corrected chi connectivity index (χ0v) is 22.0. The van der Waals surface area contributed by atoms with Gasteiger partial charge in [0.2, 0.25) is 0 Å². The molecule has 1 aliphatic heterocycles. The van der Waals surface area contributed by atoms with Gasteiger partial charge in [-0.3, -0.25) is 4.90 Å². The molecular weight excluding hydrogens is 528 g/mol. The molecule has 0 radical (unpaired) electrons. The van der Waals surface area contributed by atoms with Crippen LogP contribution in [0.15, 0.2) is 54.9 Å². The number of likely N-dealkylation sites (tertiary alicyclic amines) is 1. The summed E-state index contributed by atoms with van der Waals surface area (Å²) in [5, 5.41) is 3.74. The lowest BCUT2D eigenvalue weighted by Crippen LogP contribution is -2.51. The van der Waals surface area contributed by atoms with Gasteiger partial charge in [-0.25, -0.2) is 18.7 Å². The molecule has 1 fully saturated rings. The summed E-state index contributed by atoms with van der Waals surface area (Å²) in [6.45, 7) is 3.36. The Kier molecular flexibility index (Phi) is 8.25. The number of anilines is 3. The van der Waals surface area contributed by atoms with E-state index in [1.165, 1.54) is 30.6 Å². The van der Waals surface area contributed by atoms with Crippen molar-refractivity contribution < 1.29 is 23.0 Å². The predicted octanol–water partition coefficient (Wildman–Crippen LogP) is 5.57. The number of hydrogen-bond acceptors (Lipinski definition) is 8. The number of aromatic nitrogens is 2. The van der Waals surface area contributed by atoms with Gasteiger partial charge in [-0.2, -0.15) is 0 Å². The van der Waals surface area contributed by atoms with Gasteiger partial charge in [0, 0.05) is 44.3 Å². The van der Waals surface area contributed by atoms with Crippen molar-refractivity contribution in [3.8, 4) is 11.5 Å². The summed E-state index contributed by atoms with van der Waals surface area (Å²) in [5.74, 6) is 0.0293. The summed E-state index contributed by atoms with van der Waals surface area (Å²) < 4.78 is 45.2. The van der Waals surface area contributed by atoms with Gasteiger partial charge in [-0.05, 0) is 36.2 Å². The fourth-order valence-electron chi connectivity index (χ4n) is 4.30. The number of nitrogens with one attached hydrogen (secondary N) is 1. The Hall–Kier alpha value is -3.73. The minimum Gasteiger partial charge on any atom is -0.491 e. The van der Waals surface area contributed by atoms with E-state index < -0.39 is 5.82 Å². The van der Waals surface area contributed by atoms with Crippen molar-refractivity contribution in [2.24, 2.45) is 0 Å². The zero-order chi connectivity index (χ0) is 27.4. The molecule has 0 bridgehead atoms. The van der Waals surface area contributed by atoms with Crippen LogP contribution in [0.25, 0.3) is 10.9 Å². The zero-order valence-electron chi connectivity index (χ0n) is 21.3. The van der Waals surface area contributed by atoms with Crippen molar-refractivity contribution >= 4 is 39.7 Å². The van der Waals surface area contributed by atoms with E-state index in [-0.39, 0.29) is 28.9 Å². The smallest absolute Gasteiger partial charge is 0.150 e. The van der Waals surface area contributed by atoms with Crippen LogP contribution in [0.1, 0.15) is 12.0 Å². The number of hydrogen-bond donors (Lipinski definition) is 2. The van der Waals surface area contributed by atoms with E-state index in [1.807, 2.05) is 0 Å². The second-order valence-electron chi connectivity index (χ2n) is 9.25. The SMILES string of the molecule is COC1CN(CCCOc2cc3ncnc(Nc4cc(Cl)c(OCc5cccc(F)c5)cc4F)c3cc2N)C1. The third-order valence-electron chi connectivity index (χ3n) is 6.46. The maximum Gasteiger partial charge on any atom is 0.150 e. The summed E-state index contributed by atoms with van der Waals surface area (Å²) in [7, 11) is 1.73. The molecule has 0 spiro atoms. The third kappa shape index (κ3) is 6.47. The molecule has 1 saturated heterocycles. The lowest BCUT2D eigenvalue weighted by Gasteiger charge is -2.38. The average Bonchev–Trinajstić information content (AvgIpc) is 2.89. The second-order valence-corrected chi connectivity index (χ2v) is 9.66. The van der Waals surface area contributed by atoms with Crippen LogP contribution < -0.4 is 20.5 Å². The molecule has 0 amide bonds. The molecule has 0 saturated carbocycles. The average molecular weight is 556 g/mol. The molecule has 2 heterocycles. The van der Waals surface area contributed by atoms with Crippen LogP contribution in [0.5, 0.6) is 11.5 Å². The van der Waals surface area contributed by atoms with Crippen molar-refractivity contribution in [3.05, 3.63) is 77.1 Å². The first-order chi connectivity index (χ1) is 18.9. The van der Waals surface area contributed by atoms with Gasteiger partial charge in [0.25, 0.3) is 0 Å². The fraction of sp³-hybridized carbons (Fsp3) is 0.286. The van der Waals surface area contributed by atoms with Crippen LogP contribution in [0.3, 0.4) is 0 Å². The Morgan fingerprint density at radius 2 is 1.92 bits per heavy atom. The first kappa shape index (κ1) is 26.9. The molecule has 4 aromatic rings. The van der Waals surface area contributed by atoms with E-state index in [1.54, 1.807) is 31.4 Å². The summed E-state index contributed by atoms with van der Waals surface area (Å²) in [6.07, 6.45) is 2.55. The Balaban J connectivity index is 1.25. The molecule has 204 valence electrons. The maximum atomic E-state index is 15.0. The van der Waals surface area contributed by atoms with Gasteiger partial charge in [-0.15, -0.1) is 0 Å². The lowest BCUT2D eigenvalue weighted by atomic mass is 10.1. The quantitative estimate of drug-likeness (QED) is 0.183. The number of nitrogens with zero attached hydrogens (tertiary/aromatic N) is 3. The van der Waals surface area contributed by atoms with E-state index in [4.69, 9.17) is 31.5 Å². The number of rotatable bonds is 11. The number of fused-ring (bicyclic) bond motifs is 1. The van der Waals surface area contributed by atoms with Gasteiger partial charge < -0.3 is 25.3 Å². The van der Waals surface area contributed by atoms with Crippen molar-refractivity contribution in [1.29, 1.82) is 0 Å². The molecule has 39 heavy (non-hydrogen) atoms. The number of nitrogen functional groups attached to an aromatic ring is 1. The number of methoxy groups -OCH3 is 1. The second kappa shape index (κ2) is 12.0. The first-order valence-electron chi connectivity index (χ1n) is 12.4. The highest BCUT2D eigenvalue weighted by molar-refractivity contribution is 6.32. The number of halogens is 3. The van der Waals surface area contributed by atoms with Gasteiger partial charge in [-0.1, -0.05) is 23.7 Å². The molecule has 1 aliphatic rings. The predicted molar refractivity (Wildman–Crippen MR) is 147 cm³/mol. The highest BCUT2D eigenvalue weighted by Crippen LogP contribution is 2.35. The van der Waals surface area contributed by atoms with E-state index in [9.17, 15) is 8.78 Å². The highest BCUT2D eigenvalue weighted by Gasteiger charge is 2.25. The monoisotopic (exact) mass is 555 g/mol. The summed E-state index contributed by atoms with van der Waals surface area (Å²) in [5.41, 5.74) is 7.96. The number of ether oxygens (including phenoxy) is 3. The Morgan fingerprint density at radius 1 is 1.08 bits per heavy atom. The van der Waals surface area contributed by atoms with Crippen LogP contribution in [-0.2, 0) is 11.3 Å². The Labute approximate surface area is 229 Å². The first-order valence-corrected chi connectivity index (χ1v) is 12.8. The minimum atomic E-state index is -0.604. The molecule has 0 atom stereocenters. The number of benzene rings is 3. The summed E-state index contributed by atoms with van der Waals surface area (Å²) >= 11 is 6.35. The van der Waals surface area contributed by atoms with Gasteiger partial charge in [0.1, 0.15) is 41.9 Å². The highest BCUT2D eigenvalue weighted by atomic mass is 35.5. The van der Waals surface area contributed by atoms with Gasteiger partial charge in [0.15, 0.2) is 0 Å². The molecular formula is C28H28ClF2N5O3. The van der Waals surface area contributed by atoms with E-state index >= 15 is 0 Å². The van der Waals surface area contributed by atoms with Gasteiger partial charge >= 0.3 is 0 Å². The summed E-state index contributed by atoms with van der Waals surface area (Å²) in [4.78, 5) is 10.9. The van der Waals surface area contributed by atoms with Crippen LogP contribution in [0.2, 0.25) is 5.02 Å². The standard InChI is InChI=1S/C28H28ClF2N5O3/c1-37-19-13-36(14-19)6-3-7-38-27-12-24-20(9-23(27)32)28(34-16-33-24)35-25-10-21(29)26(11-22(25)31)39-15-17-4-2-5-18(30)8-17/h2,4-5,8-12,16,19H,3,6-7,13-15,32H2,1H3,(H,33,34,35). The minimum absolute atomic E-state index is 0.0382. The molecule has 1 aromatic heterocycles. The van der Waals surface area contributed by atoms with E-state index in [0.29, 0.717) is 46.4 Å². The normalized spacial score (nSPS) is 13.8. The molecule has 0 unspecified atom stereocenters.